The molecule has 0 spiro atoms. The summed E-state index contributed by atoms with van der Waals surface area (Å²) in [6.07, 6.45) is 0.349. The van der Waals surface area contributed by atoms with Crippen molar-refractivity contribution in [3.63, 3.8) is 0 Å². The predicted molar refractivity (Wildman–Crippen MR) is 112 cm³/mol. The van der Waals surface area contributed by atoms with Gasteiger partial charge in [-0.15, -0.1) is 11.3 Å². The average Bonchev–Trinajstić information content (AvgIpc) is 3.32. The molecule has 0 aliphatic carbocycles. The van der Waals surface area contributed by atoms with Crippen LogP contribution < -0.4 is 10.1 Å². The first-order valence-corrected chi connectivity index (χ1v) is 10.0. The van der Waals surface area contributed by atoms with Gasteiger partial charge in [0.2, 0.25) is 5.91 Å². The van der Waals surface area contributed by atoms with Crippen LogP contribution >= 0.6 is 11.3 Å². The van der Waals surface area contributed by atoms with Crippen LogP contribution in [0.3, 0.4) is 0 Å². The van der Waals surface area contributed by atoms with Crippen LogP contribution in [0.5, 0.6) is 5.75 Å². The van der Waals surface area contributed by atoms with Crippen molar-refractivity contribution in [2.24, 2.45) is 0 Å². The Morgan fingerprint density at radius 2 is 1.93 bits per heavy atom. The Morgan fingerprint density at radius 3 is 2.54 bits per heavy atom. The summed E-state index contributed by atoms with van der Waals surface area (Å²) in [6.45, 7) is 4.55. The number of benzene rings is 1. The van der Waals surface area contributed by atoms with Gasteiger partial charge in [0.1, 0.15) is 5.75 Å². The number of amides is 1. The number of nitrogens with one attached hydrogen (secondary N) is 1. The molecule has 2 aromatic heterocycles. The number of Topliss-reactive ketones (excluding diaryl/α,β-unsaturated/α-hetero) is 1. The lowest BCUT2D eigenvalue weighted by Crippen LogP contribution is -2.23. The first kappa shape index (κ1) is 19.9. The van der Waals surface area contributed by atoms with Crippen LogP contribution in [-0.4, -0.2) is 23.4 Å². The van der Waals surface area contributed by atoms with E-state index in [-0.39, 0.29) is 11.7 Å². The number of aromatic nitrogens is 1. The van der Waals surface area contributed by atoms with Gasteiger partial charge in [-0.3, -0.25) is 9.59 Å². The van der Waals surface area contributed by atoms with Gasteiger partial charge in [0.05, 0.1) is 13.7 Å². The lowest BCUT2D eigenvalue weighted by molar-refractivity contribution is -0.121. The molecule has 6 heteroatoms. The van der Waals surface area contributed by atoms with E-state index in [1.807, 2.05) is 59.3 Å². The summed E-state index contributed by atoms with van der Waals surface area (Å²) in [5.74, 6) is 0.790. The number of thiophene rings is 1. The third-order valence-corrected chi connectivity index (χ3v) is 5.61. The highest BCUT2D eigenvalue weighted by Gasteiger charge is 2.17. The van der Waals surface area contributed by atoms with Crippen molar-refractivity contribution >= 4 is 23.0 Å². The van der Waals surface area contributed by atoms with E-state index in [4.69, 9.17) is 4.74 Å². The van der Waals surface area contributed by atoms with Gasteiger partial charge in [-0.2, -0.15) is 0 Å². The zero-order valence-electron chi connectivity index (χ0n) is 16.3. The van der Waals surface area contributed by atoms with Gasteiger partial charge in [-0.05, 0) is 61.2 Å². The number of carbonyl (C=O) groups excluding carboxylic acids is 2. The highest BCUT2D eigenvalue weighted by atomic mass is 32.1. The molecule has 1 aromatic carbocycles. The van der Waals surface area contributed by atoms with Gasteiger partial charge in [0.15, 0.2) is 5.78 Å². The van der Waals surface area contributed by atoms with Gasteiger partial charge < -0.3 is 14.6 Å². The summed E-state index contributed by atoms with van der Waals surface area (Å²) in [5, 5.41) is 4.95. The second-order valence-electron chi connectivity index (χ2n) is 6.57. The van der Waals surface area contributed by atoms with E-state index in [9.17, 15) is 9.59 Å². The minimum Gasteiger partial charge on any atom is -0.497 e. The van der Waals surface area contributed by atoms with Gasteiger partial charge in [-0.25, -0.2) is 0 Å². The van der Waals surface area contributed by atoms with E-state index in [0.717, 1.165) is 27.6 Å². The molecule has 0 unspecified atom stereocenters. The fourth-order valence-electron chi connectivity index (χ4n) is 3.19. The standard InChI is InChI=1S/C22H24N2O3S/c1-15-20(16(2)25)13-21(17-6-8-18(27-3)9-7-17)24(15)11-10-22(26)23-14-19-5-4-12-28-19/h4-9,12-13H,10-11,14H2,1-3H3,(H,23,26). The molecule has 3 aromatic rings. The largest absolute Gasteiger partial charge is 0.497 e. The van der Waals surface area contributed by atoms with Crippen molar-refractivity contribution in [2.45, 2.75) is 33.4 Å². The molecular weight excluding hydrogens is 372 g/mol. The molecule has 1 amide bonds. The molecule has 1 N–H and O–H groups in total. The van der Waals surface area contributed by atoms with Crippen molar-refractivity contribution in [3.8, 4) is 17.0 Å². The monoisotopic (exact) mass is 396 g/mol. The summed E-state index contributed by atoms with van der Waals surface area (Å²) < 4.78 is 7.27. The molecular formula is C22H24N2O3S. The summed E-state index contributed by atoms with van der Waals surface area (Å²) >= 11 is 1.62. The van der Waals surface area contributed by atoms with Crippen LogP contribution in [0.25, 0.3) is 11.3 Å². The SMILES string of the molecule is COc1ccc(-c2cc(C(C)=O)c(C)n2CCC(=O)NCc2cccs2)cc1. The molecule has 0 radical (unpaired) electrons. The fraction of sp³-hybridized carbons (Fsp3) is 0.273. The van der Waals surface area contributed by atoms with E-state index >= 15 is 0 Å². The zero-order chi connectivity index (χ0) is 20.1. The molecule has 2 heterocycles. The Hall–Kier alpha value is -2.86. The van der Waals surface area contributed by atoms with Crippen molar-refractivity contribution < 1.29 is 14.3 Å². The van der Waals surface area contributed by atoms with Crippen molar-refractivity contribution in [3.05, 3.63) is 64.0 Å². The minimum atomic E-state index is -0.00782. The Bertz CT molecular complexity index is 957. The molecule has 0 aliphatic rings. The Morgan fingerprint density at radius 1 is 1.18 bits per heavy atom. The maximum atomic E-state index is 12.3. The minimum absolute atomic E-state index is 0.00782. The number of carbonyl (C=O) groups is 2. The Balaban J connectivity index is 1.78. The summed E-state index contributed by atoms with van der Waals surface area (Å²) in [6, 6.07) is 13.6. The van der Waals surface area contributed by atoms with Crippen LogP contribution in [0, 0.1) is 6.92 Å². The quantitative estimate of drug-likeness (QED) is 0.573. The average molecular weight is 397 g/mol. The van der Waals surface area contributed by atoms with Crippen molar-refractivity contribution in [1.29, 1.82) is 0 Å². The molecule has 146 valence electrons. The summed E-state index contributed by atoms with van der Waals surface area (Å²) in [4.78, 5) is 25.4. The van der Waals surface area contributed by atoms with E-state index in [0.29, 0.717) is 25.1 Å². The van der Waals surface area contributed by atoms with Gasteiger partial charge in [0, 0.05) is 34.8 Å². The van der Waals surface area contributed by atoms with Gasteiger partial charge in [0.25, 0.3) is 0 Å². The smallest absolute Gasteiger partial charge is 0.222 e. The van der Waals surface area contributed by atoms with E-state index in [1.165, 1.54) is 0 Å². The van der Waals surface area contributed by atoms with Crippen LogP contribution in [0.4, 0.5) is 0 Å². The van der Waals surface area contributed by atoms with E-state index in [1.54, 1.807) is 25.4 Å². The number of hydrogen-bond acceptors (Lipinski definition) is 4. The number of ether oxygens (including phenoxy) is 1. The highest BCUT2D eigenvalue weighted by molar-refractivity contribution is 7.09. The second-order valence-corrected chi connectivity index (χ2v) is 7.60. The third-order valence-electron chi connectivity index (χ3n) is 4.73. The molecule has 0 atom stereocenters. The summed E-state index contributed by atoms with van der Waals surface area (Å²) in [5.41, 5.74) is 3.47. The number of methoxy groups -OCH3 is 1. The highest BCUT2D eigenvalue weighted by Crippen LogP contribution is 2.28. The second kappa shape index (κ2) is 8.89. The first-order valence-electron chi connectivity index (χ1n) is 9.14. The zero-order valence-corrected chi connectivity index (χ0v) is 17.1. The van der Waals surface area contributed by atoms with Crippen LogP contribution in [0.15, 0.2) is 47.8 Å². The third kappa shape index (κ3) is 4.51. The summed E-state index contributed by atoms with van der Waals surface area (Å²) in [7, 11) is 1.63. The van der Waals surface area contributed by atoms with E-state index < -0.39 is 0 Å². The number of ketones is 1. The maximum Gasteiger partial charge on any atom is 0.222 e. The van der Waals surface area contributed by atoms with Crippen LogP contribution in [-0.2, 0) is 17.9 Å². The molecule has 0 aliphatic heterocycles. The molecule has 5 nitrogen and oxygen atoms in total. The Labute approximate surface area is 169 Å². The van der Waals surface area contributed by atoms with Gasteiger partial charge in [-0.1, -0.05) is 6.07 Å². The van der Waals surface area contributed by atoms with Crippen LogP contribution in [0.2, 0.25) is 0 Å². The maximum absolute atomic E-state index is 12.3. The molecule has 3 rings (SSSR count). The number of rotatable bonds is 8. The fourth-order valence-corrected chi connectivity index (χ4v) is 3.84. The van der Waals surface area contributed by atoms with Crippen molar-refractivity contribution in [1.82, 2.24) is 9.88 Å². The van der Waals surface area contributed by atoms with Crippen LogP contribution in [0.1, 0.15) is 34.3 Å². The van der Waals surface area contributed by atoms with Gasteiger partial charge >= 0.3 is 0 Å². The molecule has 0 bridgehead atoms. The Kier molecular flexibility index (Phi) is 6.31. The molecule has 0 saturated carbocycles. The topological polar surface area (TPSA) is 60.3 Å². The molecule has 0 fully saturated rings. The van der Waals surface area contributed by atoms with Crippen molar-refractivity contribution in [2.75, 3.05) is 7.11 Å². The lowest BCUT2D eigenvalue weighted by Gasteiger charge is -2.12. The van der Waals surface area contributed by atoms with E-state index in [2.05, 4.69) is 5.32 Å². The number of nitrogens with zero attached hydrogens (tertiary/aromatic N) is 1. The first-order chi connectivity index (χ1) is 13.5. The number of hydrogen-bond donors (Lipinski definition) is 1. The predicted octanol–water partition coefficient (Wildman–Crippen LogP) is 4.44. The molecule has 0 saturated heterocycles. The normalized spacial score (nSPS) is 10.7. The lowest BCUT2D eigenvalue weighted by atomic mass is 10.1. The molecule has 28 heavy (non-hydrogen) atoms.